The fourth-order valence-corrected chi connectivity index (χ4v) is 5.78. The lowest BCUT2D eigenvalue weighted by Gasteiger charge is -2.27. The first kappa shape index (κ1) is 46.4. The average molecular weight is 789 g/mol. The smallest absolute Gasteiger partial charge is 0.410 e. The van der Waals surface area contributed by atoms with Gasteiger partial charge in [-0.2, -0.15) is 0 Å². The van der Waals surface area contributed by atoms with E-state index in [1.165, 1.54) is 7.05 Å². The van der Waals surface area contributed by atoms with Crippen LogP contribution in [-0.4, -0.2) is 95.2 Å². The molecule has 1 fully saturated rings. The lowest BCUT2D eigenvalue weighted by atomic mass is 10.0. The number of nitrogens with one attached hydrogen (secondary N) is 4. The number of hydroxylamine groups is 2. The Labute approximate surface area is 326 Å². The summed E-state index contributed by atoms with van der Waals surface area (Å²) in [6.45, 7) is 7.05. The van der Waals surface area contributed by atoms with E-state index in [1.54, 1.807) is 52.0 Å². The number of carbonyl (C=O) groups is 9. The van der Waals surface area contributed by atoms with E-state index in [9.17, 15) is 43.2 Å². The number of unbranched alkanes of at least 4 members (excludes halogenated alkanes) is 3. The minimum atomic E-state index is -1.06. The summed E-state index contributed by atoms with van der Waals surface area (Å²) in [5.74, 6) is -4.50. The minimum absolute atomic E-state index is 0.00638. The number of ether oxygens (including phenoxy) is 1. The van der Waals surface area contributed by atoms with Gasteiger partial charge in [-0.1, -0.05) is 52.7 Å². The van der Waals surface area contributed by atoms with Crippen molar-refractivity contribution >= 4 is 59.2 Å². The van der Waals surface area contributed by atoms with Crippen LogP contribution in [0.4, 0.5) is 15.3 Å². The summed E-state index contributed by atoms with van der Waals surface area (Å²) >= 11 is 0. The maximum absolute atomic E-state index is 13.5. The maximum atomic E-state index is 13.5. The Balaban J connectivity index is 1.92. The number of amides is 9. The number of likely N-dealkylation sites (N-methyl/N-ethyl adjacent to an activating group) is 1. The monoisotopic (exact) mass is 788 g/mol. The summed E-state index contributed by atoms with van der Waals surface area (Å²) in [4.78, 5) is 116. The third-order valence-corrected chi connectivity index (χ3v) is 8.81. The lowest BCUT2D eigenvalue weighted by molar-refractivity contribution is -0.197. The number of imide groups is 1. The van der Waals surface area contributed by atoms with Crippen molar-refractivity contribution in [2.45, 2.75) is 117 Å². The topological polar surface area (TPSA) is 279 Å². The zero-order valence-corrected chi connectivity index (χ0v) is 32.7. The second-order valence-corrected chi connectivity index (χ2v) is 14.2. The number of primary amides is 2. The summed E-state index contributed by atoms with van der Waals surface area (Å²) in [6, 6.07) is 2.82. The molecule has 2 rings (SSSR count). The molecule has 9 amide bonds. The molecule has 0 radical (unpaired) electrons. The number of rotatable bonds is 23. The molecule has 8 N–H and O–H groups in total. The molecule has 310 valence electrons. The molecule has 1 heterocycles. The molecular weight excluding hydrogens is 732 g/mol. The van der Waals surface area contributed by atoms with Gasteiger partial charge in [0, 0.05) is 45.0 Å². The van der Waals surface area contributed by atoms with E-state index in [0.717, 1.165) is 4.90 Å². The van der Waals surface area contributed by atoms with Crippen molar-refractivity contribution in [3.05, 3.63) is 29.8 Å². The number of anilines is 1. The van der Waals surface area contributed by atoms with Gasteiger partial charge in [0.15, 0.2) is 0 Å². The normalized spacial score (nSPS) is 14.1. The molecule has 0 spiro atoms. The molecule has 56 heavy (non-hydrogen) atoms. The quantitative estimate of drug-likeness (QED) is 0.0686. The molecule has 0 aliphatic carbocycles. The molecule has 19 nitrogen and oxygen atoms in total. The van der Waals surface area contributed by atoms with Crippen LogP contribution in [0.25, 0.3) is 0 Å². The van der Waals surface area contributed by atoms with E-state index in [0.29, 0.717) is 48.4 Å². The van der Waals surface area contributed by atoms with Gasteiger partial charge in [0.2, 0.25) is 23.6 Å². The zero-order chi connectivity index (χ0) is 41.9. The molecule has 1 saturated heterocycles. The van der Waals surface area contributed by atoms with Crippen molar-refractivity contribution in [1.82, 2.24) is 25.9 Å². The van der Waals surface area contributed by atoms with Crippen LogP contribution in [-0.2, 0) is 49.7 Å². The fourth-order valence-electron chi connectivity index (χ4n) is 5.78. The van der Waals surface area contributed by atoms with Gasteiger partial charge in [0.05, 0.1) is 0 Å². The third-order valence-electron chi connectivity index (χ3n) is 8.81. The number of nitrogens with zero attached hydrogens (tertiary/aromatic N) is 2. The summed E-state index contributed by atoms with van der Waals surface area (Å²) < 4.78 is 5.33. The van der Waals surface area contributed by atoms with E-state index >= 15 is 0 Å². The van der Waals surface area contributed by atoms with Gasteiger partial charge >= 0.3 is 18.1 Å². The van der Waals surface area contributed by atoms with E-state index < -0.39 is 65.8 Å². The Morgan fingerprint density at radius 3 is 1.96 bits per heavy atom. The van der Waals surface area contributed by atoms with E-state index in [2.05, 4.69) is 21.3 Å². The molecule has 3 atom stereocenters. The van der Waals surface area contributed by atoms with Crippen LogP contribution in [0.3, 0.4) is 0 Å². The number of benzene rings is 1. The Hall–Kier alpha value is -5.75. The highest BCUT2D eigenvalue weighted by Crippen LogP contribution is 2.16. The van der Waals surface area contributed by atoms with Gasteiger partial charge < -0.3 is 42.3 Å². The van der Waals surface area contributed by atoms with Gasteiger partial charge in [-0.25, -0.2) is 14.4 Å². The minimum Gasteiger partial charge on any atom is -0.445 e. The second kappa shape index (κ2) is 23.2. The first-order valence-electron chi connectivity index (χ1n) is 18.7. The van der Waals surface area contributed by atoms with Crippen molar-refractivity contribution in [2.24, 2.45) is 23.3 Å². The van der Waals surface area contributed by atoms with Crippen LogP contribution in [0.1, 0.15) is 97.5 Å². The molecular formula is C37H56N8O11. The third kappa shape index (κ3) is 15.9. The average Bonchev–Trinajstić information content (AvgIpc) is 3.44. The zero-order valence-electron chi connectivity index (χ0n) is 32.7. The lowest BCUT2D eigenvalue weighted by Crippen LogP contribution is -2.54. The van der Waals surface area contributed by atoms with Gasteiger partial charge in [-0.15, -0.1) is 5.06 Å². The predicted molar refractivity (Wildman–Crippen MR) is 201 cm³/mol. The maximum Gasteiger partial charge on any atom is 0.410 e. The van der Waals surface area contributed by atoms with Crippen molar-refractivity contribution in [2.75, 3.05) is 18.9 Å². The number of urea groups is 1. The van der Waals surface area contributed by atoms with Crippen molar-refractivity contribution in [3.8, 4) is 0 Å². The van der Waals surface area contributed by atoms with Crippen molar-refractivity contribution in [3.63, 3.8) is 0 Å². The Bertz CT molecular complexity index is 1550. The molecule has 19 heteroatoms. The Morgan fingerprint density at radius 2 is 1.41 bits per heavy atom. The van der Waals surface area contributed by atoms with Crippen LogP contribution in [0.2, 0.25) is 0 Å². The summed E-state index contributed by atoms with van der Waals surface area (Å²) in [7, 11) is 1.43. The van der Waals surface area contributed by atoms with Gasteiger partial charge in [-0.3, -0.25) is 33.7 Å². The second-order valence-electron chi connectivity index (χ2n) is 14.2. The largest absolute Gasteiger partial charge is 0.445 e. The fraction of sp³-hybridized carbons (Fsp3) is 0.595. The molecule has 1 aromatic rings. The van der Waals surface area contributed by atoms with Crippen LogP contribution in [0.15, 0.2) is 24.3 Å². The molecule has 1 aliphatic rings. The van der Waals surface area contributed by atoms with Gasteiger partial charge in [-0.05, 0) is 55.2 Å². The van der Waals surface area contributed by atoms with Crippen LogP contribution in [0.5, 0.6) is 0 Å². The molecule has 1 aliphatic heterocycles. The summed E-state index contributed by atoms with van der Waals surface area (Å²) in [5, 5.41) is 11.2. The first-order valence-corrected chi connectivity index (χ1v) is 18.7. The van der Waals surface area contributed by atoms with E-state index in [4.69, 9.17) is 21.0 Å². The SMILES string of the molecule is CC(C)[C@H](NC(=O)CCCCCCC(=O)ON1C(=O)CCC1=O)C(=O)N[C@@H](CCCNC(N)=O)C(=O)Nc1ccc(COC(=O)N(C)[C@H](C(N)=O)C(C)C)cc1. The van der Waals surface area contributed by atoms with Crippen LogP contribution >= 0.6 is 0 Å². The van der Waals surface area contributed by atoms with Gasteiger partial charge in [0.1, 0.15) is 24.7 Å². The van der Waals surface area contributed by atoms with Crippen molar-refractivity contribution < 1.29 is 52.7 Å². The van der Waals surface area contributed by atoms with Crippen LogP contribution < -0.4 is 32.7 Å². The highest BCUT2D eigenvalue weighted by Gasteiger charge is 2.33. The van der Waals surface area contributed by atoms with Crippen LogP contribution in [0, 0.1) is 11.8 Å². The molecule has 0 aromatic heterocycles. The molecule has 0 bridgehead atoms. The first-order chi connectivity index (χ1) is 26.4. The summed E-state index contributed by atoms with van der Waals surface area (Å²) in [5.41, 5.74) is 11.6. The Morgan fingerprint density at radius 1 is 0.804 bits per heavy atom. The van der Waals surface area contributed by atoms with E-state index in [-0.39, 0.29) is 63.0 Å². The standard InChI is InChI=1S/C37H56N8O11/c1-22(2)31(43-27(46)12-8-6-7-9-13-30(49)56-45-28(47)18-19-29(45)48)35(52)42-26(11-10-20-40-36(39)53)34(51)41-25-16-14-24(15-17-25)21-55-37(54)44(5)32(23(3)4)33(38)50/h14-17,22-23,26,31-32H,6-13,18-21H2,1-5H3,(H2,38,50)(H,41,51)(H,42,52)(H,43,46)(H3,39,40,53)/t26-,31-,32-/m0/s1. The number of hydrogen-bond acceptors (Lipinski definition) is 11. The Kier molecular flexibility index (Phi) is 19.3. The van der Waals surface area contributed by atoms with Crippen molar-refractivity contribution in [1.29, 1.82) is 0 Å². The summed E-state index contributed by atoms with van der Waals surface area (Å²) in [6.07, 6.45) is 1.92. The predicted octanol–water partition coefficient (Wildman–Crippen LogP) is 1.73. The molecule has 0 saturated carbocycles. The van der Waals surface area contributed by atoms with E-state index in [1.807, 2.05) is 0 Å². The molecule has 0 unspecified atom stereocenters. The molecule has 1 aromatic carbocycles. The number of hydrogen-bond donors (Lipinski definition) is 6. The number of carbonyl (C=O) groups excluding carboxylic acids is 9. The highest BCUT2D eigenvalue weighted by molar-refractivity contribution is 6.01. The van der Waals surface area contributed by atoms with Gasteiger partial charge in [0.25, 0.3) is 11.8 Å². The highest BCUT2D eigenvalue weighted by atomic mass is 16.7. The number of nitrogens with two attached hydrogens (primary N) is 2.